The number of H-pyrrole nitrogens is 1. The molecule has 1 N–H and O–H groups in total. The van der Waals surface area contributed by atoms with Crippen molar-refractivity contribution in [2.75, 3.05) is 20.6 Å². The van der Waals surface area contributed by atoms with Crippen molar-refractivity contribution in [1.29, 1.82) is 0 Å². The average molecular weight is 414 g/mol. The molecule has 0 spiro atoms. The lowest BCUT2D eigenvalue weighted by Crippen LogP contribution is -2.40. The standard InChI is InChI=1S/C23H35N5O2/c1-5-9-27-21-19(22(29)28(10-6-2)23(27)30)24-20(25-21)18-14-12-15-16(17(15)18)13(14)8-7-11-26(3)4/h13-18H,5-12H2,1-4H3,(H,24,25). The minimum Gasteiger partial charge on any atom is -0.336 e. The fourth-order valence-corrected chi connectivity index (χ4v) is 6.95. The van der Waals surface area contributed by atoms with Crippen molar-refractivity contribution >= 4 is 11.2 Å². The lowest BCUT2D eigenvalue weighted by Gasteiger charge is -2.20. The molecule has 7 heteroatoms. The third kappa shape index (κ3) is 2.84. The summed E-state index contributed by atoms with van der Waals surface area (Å²) in [5, 5.41) is 0. The van der Waals surface area contributed by atoms with E-state index in [1.54, 1.807) is 4.57 Å². The maximum atomic E-state index is 13.1. The first kappa shape index (κ1) is 20.0. The van der Waals surface area contributed by atoms with Crippen LogP contribution in [0.2, 0.25) is 0 Å². The first-order valence-electron chi connectivity index (χ1n) is 11.9. The number of aromatic amines is 1. The van der Waals surface area contributed by atoms with Crippen LogP contribution >= 0.6 is 0 Å². The Balaban J connectivity index is 1.49. The maximum absolute atomic E-state index is 13.1. The van der Waals surface area contributed by atoms with E-state index in [9.17, 15) is 9.59 Å². The molecule has 0 saturated heterocycles. The first-order chi connectivity index (χ1) is 14.5. The molecule has 6 atom stereocenters. The summed E-state index contributed by atoms with van der Waals surface area (Å²) >= 11 is 0. The van der Waals surface area contributed by atoms with E-state index in [0.29, 0.717) is 36.1 Å². The molecule has 6 unspecified atom stereocenters. The number of hydrogen-bond acceptors (Lipinski definition) is 4. The van der Waals surface area contributed by atoms with E-state index >= 15 is 0 Å². The molecular weight excluding hydrogens is 378 g/mol. The molecule has 7 nitrogen and oxygen atoms in total. The van der Waals surface area contributed by atoms with Crippen LogP contribution in [0.15, 0.2) is 9.59 Å². The van der Waals surface area contributed by atoms with Crippen LogP contribution in [0.25, 0.3) is 11.2 Å². The zero-order valence-electron chi connectivity index (χ0n) is 18.7. The number of hydrogen-bond donors (Lipinski definition) is 1. The van der Waals surface area contributed by atoms with Crippen molar-refractivity contribution in [2.45, 2.75) is 65.0 Å². The van der Waals surface area contributed by atoms with Gasteiger partial charge in [-0.25, -0.2) is 9.78 Å². The van der Waals surface area contributed by atoms with Gasteiger partial charge in [-0.2, -0.15) is 0 Å². The summed E-state index contributed by atoms with van der Waals surface area (Å²) < 4.78 is 3.10. The van der Waals surface area contributed by atoms with E-state index in [1.807, 2.05) is 6.92 Å². The molecule has 6 rings (SSSR count). The summed E-state index contributed by atoms with van der Waals surface area (Å²) in [7, 11) is 4.29. The van der Waals surface area contributed by atoms with Crippen LogP contribution in [0.3, 0.4) is 0 Å². The highest BCUT2D eigenvalue weighted by Gasteiger charge is 2.73. The molecule has 2 aromatic rings. The van der Waals surface area contributed by atoms with Gasteiger partial charge in [0.2, 0.25) is 0 Å². The van der Waals surface area contributed by atoms with Gasteiger partial charge in [0, 0.05) is 19.0 Å². The van der Waals surface area contributed by atoms with E-state index in [4.69, 9.17) is 4.98 Å². The normalized spacial score (nSPS) is 31.4. The summed E-state index contributed by atoms with van der Waals surface area (Å²) in [5.74, 6) is 5.39. The van der Waals surface area contributed by atoms with Crippen LogP contribution in [0.4, 0.5) is 0 Å². The highest BCUT2D eigenvalue weighted by molar-refractivity contribution is 5.70. The molecule has 0 radical (unpaired) electrons. The van der Waals surface area contributed by atoms with Gasteiger partial charge in [-0.15, -0.1) is 0 Å². The molecule has 30 heavy (non-hydrogen) atoms. The second-order valence-corrected chi connectivity index (χ2v) is 10.1. The first-order valence-corrected chi connectivity index (χ1v) is 11.9. The predicted octanol–water partition coefficient (Wildman–Crippen LogP) is 2.64. The fourth-order valence-electron chi connectivity index (χ4n) is 6.95. The van der Waals surface area contributed by atoms with E-state index in [2.05, 4.69) is 30.9 Å². The van der Waals surface area contributed by atoms with E-state index in [1.165, 1.54) is 23.8 Å². The summed E-state index contributed by atoms with van der Waals surface area (Å²) in [5.41, 5.74) is 0.677. The van der Waals surface area contributed by atoms with Crippen molar-refractivity contribution < 1.29 is 0 Å². The number of aryl methyl sites for hydroxylation is 1. The van der Waals surface area contributed by atoms with Crippen molar-refractivity contribution in [1.82, 2.24) is 24.0 Å². The second kappa shape index (κ2) is 7.36. The lowest BCUT2D eigenvalue weighted by molar-refractivity contribution is 0.319. The van der Waals surface area contributed by atoms with E-state index in [0.717, 1.165) is 48.9 Å². The van der Waals surface area contributed by atoms with Gasteiger partial charge in [-0.1, -0.05) is 13.8 Å². The maximum Gasteiger partial charge on any atom is 0.332 e. The highest BCUT2D eigenvalue weighted by Crippen LogP contribution is 2.78. The van der Waals surface area contributed by atoms with Gasteiger partial charge in [0.05, 0.1) is 0 Å². The van der Waals surface area contributed by atoms with Crippen LogP contribution in [-0.2, 0) is 13.1 Å². The Bertz CT molecular complexity index is 1060. The number of rotatable bonds is 9. The van der Waals surface area contributed by atoms with Gasteiger partial charge in [-0.05, 0) is 82.3 Å². The van der Waals surface area contributed by atoms with E-state index in [-0.39, 0.29) is 11.2 Å². The Morgan fingerprint density at radius 1 is 1.07 bits per heavy atom. The summed E-state index contributed by atoms with van der Waals surface area (Å²) in [6.07, 6.45) is 5.49. The third-order valence-electron chi connectivity index (χ3n) is 7.99. The largest absolute Gasteiger partial charge is 0.336 e. The molecule has 4 saturated carbocycles. The molecule has 2 aromatic heterocycles. The minimum absolute atomic E-state index is 0.205. The molecule has 4 aliphatic carbocycles. The number of nitrogens with one attached hydrogen (secondary N) is 1. The Kier molecular flexibility index (Phi) is 4.92. The number of nitrogens with zero attached hydrogens (tertiary/aromatic N) is 4. The van der Waals surface area contributed by atoms with Gasteiger partial charge < -0.3 is 9.88 Å². The smallest absolute Gasteiger partial charge is 0.332 e. The quantitative estimate of drug-likeness (QED) is 0.686. The molecule has 4 aliphatic rings. The summed E-state index contributed by atoms with van der Waals surface area (Å²) in [6.45, 7) is 6.26. The molecule has 2 heterocycles. The van der Waals surface area contributed by atoms with Gasteiger partial charge in [0.15, 0.2) is 5.65 Å². The SMILES string of the molecule is CCCn1c(=O)c2[nH]c(C3C4CC5C(C4CCCN(C)C)C53)nc2n(CCC)c1=O. The molecular formula is C23H35N5O2. The average Bonchev–Trinajstić information content (AvgIpc) is 3.12. The zero-order chi connectivity index (χ0) is 21.2. The van der Waals surface area contributed by atoms with Gasteiger partial charge in [-0.3, -0.25) is 13.9 Å². The molecule has 164 valence electrons. The van der Waals surface area contributed by atoms with Gasteiger partial charge in [0.25, 0.3) is 5.56 Å². The molecule has 0 aromatic carbocycles. The van der Waals surface area contributed by atoms with Crippen molar-refractivity contribution in [3.8, 4) is 0 Å². The second-order valence-electron chi connectivity index (χ2n) is 10.1. The Morgan fingerprint density at radius 3 is 2.47 bits per heavy atom. The summed E-state index contributed by atoms with van der Waals surface area (Å²) in [4.78, 5) is 36.6. The Morgan fingerprint density at radius 2 is 1.80 bits per heavy atom. The molecule has 0 amide bonds. The monoisotopic (exact) mass is 413 g/mol. The van der Waals surface area contributed by atoms with Crippen LogP contribution in [-0.4, -0.2) is 44.6 Å². The zero-order valence-corrected chi connectivity index (χ0v) is 18.7. The Hall–Kier alpha value is -1.89. The minimum atomic E-state index is -0.212. The van der Waals surface area contributed by atoms with Gasteiger partial charge >= 0.3 is 5.69 Å². The highest BCUT2D eigenvalue weighted by atomic mass is 16.2. The van der Waals surface area contributed by atoms with Crippen LogP contribution in [0, 0.1) is 29.6 Å². The molecule has 4 bridgehead atoms. The van der Waals surface area contributed by atoms with Crippen molar-refractivity contribution in [3.05, 3.63) is 26.7 Å². The number of fused-ring (bicyclic) bond motifs is 1. The van der Waals surface area contributed by atoms with Crippen LogP contribution in [0.1, 0.15) is 57.7 Å². The molecule has 4 fully saturated rings. The predicted molar refractivity (Wildman–Crippen MR) is 118 cm³/mol. The Labute approximate surface area is 177 Å². The van der Waals surface area contributed by atoms with Crippen LogP contribution < -0.4 is 11.2 Å². The topological polar surface area (TPSA) is 75.9 Å². The van der Waals surface area contributed by atoms with Crippen molar-refractivity contribution in [2.24, 2.45) is 29.6 Å². The van der Waals surface area contributed by atoms with Crippen molar-refractivity contribution in [3.63, 3.8) is 0 Å². The van der Waals surface area contributed by atoms with Crippen LogP contribution in [0.5, 0.6) is 0 Å². The van der Waals surface area contributed by atoms with Gasteiger partial charge in [0.1, 0.15) is 11.3 Å². The van der Waals surface area contributed by atoms with E-state index < -0.39 is 0 Å². The third-order valence-corrected chi connectivity index (χ3v) is 7.99. The summed E-state index contributed by atoms with van der Waals surface area (Å²) in [6, 6.07) is 0. The lowest BCUT2D eigenvalue weighted by atomic mass is 9.88. The number of aromatic nitrogens is 4. The molecule has 0 aliphatic heterocycles. The number of imidazole rings is 1. The fraction of sp³-hybridized carbons (Fsp3) is 0.783.